The minimum absolute atomic E-state index is 0.142. The number of para-hydroxylation sites is 1. The van der Waals surface area contributed by atoms with Gasteiger partial charge in [-0.3, -0.25) is 9.67 Å². The van der Waals surface area contributed by atoms with E-state index in [0.29, 0.717) is 23.6 Å². The van der Waals surface area contributed by atoms with Gasteiger partial charge in [-0.25, -0.2) is 0 Å². The van der Waals surface area contributed by atoms with Gasteiger partial charge in [-0.15, -0.1) is 0 Å². The Bertz CT molecular complexity index is 787. The minimum Gasteiger partial charge on any atom is -0.370 e. The molecule has 4 rings (SSSR count). The number of hydrogen-bond acceptors (Lipinski definition) is 4. The van der Waals surface area contributed by atoms with Gasteiger partial charge in [0.15, 0.2) is 5.82 Å². The molecule has 0 radical (unpaired) electrons. The van der Waals surface area contributed by atoms with Gasteiger partial charge in [0.2, 0.25) is 0 Å². The number of benzene rings is 1. The summed E-state index contributed by atoms with van der Waals surface area (Å²) < 4.78 is 41.9. The molecule has 1 aromatic carbocycles. The van der Waals surface area contributed by atoms with Crippen molar-refractivity contribution in [2.24, 2.45) is 4.99 Å². The number of aromatic nitrogens is 2. The van der Waals surface area contributed by atoms with E-state index in [-0.39, 0.29) is 12.1 Å². The summed E-state index contributed by atoms with van der Waals surface area (Å²) in [5.74, 6) is 1.33. The van der Waals surface area contributed by atoms with Crippen LogP contribution in [0.5, 0.6) is 0 Å². The number of amidine groups is 1. The van der Waals surface area contributed by atoms with Crippen LogP contribution in [0.4, 0.5) is 19.0 Å². The second-order valence-corrected chi connectivity index (χ2v) is 6.13. The highest BCUT2D eigenvalue weighted by Gasteiger charge is 2.35. The summed E-state index contributed by atoms with van der Waals surface area (Å²) in [6.45, 7) is 3.28. The molecule has 0 aliphatic carbocycles. The first-order valence-electron chi connectivity index (χ1n) is 8.13. The molecule has 1 aromatic heterocycles. The topological polar surface area (TPSA) is 45.5 Å². The zero-order valence-electron chi connectivity index (χ0n) is 13.1. The van der Waals surface area contributed by atoms with Gasteiger partial charge in [0, 0.05) is 25.0 Å². The first-order chi connectivity index (χ1) is 11.5. The molecule has 0 unspecified atom stereocenters. The van der Waals surface area contributed by atoms with Crippen molar-refractivity contribution in [1.82, 2.24) is 15.1 Å². The van der Waals surface area contributed by atoms with Crippen LogP contribution in [0.1, 0.15) is 18.4 Å². The summed E-state index contributed by atoms with van der Waals surface area (Å²) in [4.78, 5) is 6.36. The summed E-state index contributed by atoms with van der Waals surface area (Å²) in [5.41, 5.74) is -0.500. The van der Waals surface area contributed by atoms with E-state index in [9.17, 15) is 13.2 Å². The number of nitrogens with one attached hydrogen (secondary N) is 1. The standard InChI is InChI=1S/C16H18F3N5/c17-16(18,19)12-5-3-4-11-14(12)24(10-13-20-6-7-21-13)22-15(11)23-8-1-2-9-23/h3-5H,1-2,6-10H2,(H,20,21). The summed E-state index contributed by atoms with van der Waals surface area (Å²) in [6.07, 6.45) is -2.33. The third kappa shape index (κ3) is 2.59. The van der Waals surface area contributed by atoms with Gasteiger partial charge in [0.1, 0.15) is 5.84 Å². The molecule has 1 saturated heterocycles. The Labute approximate surface area is 137 Å². The predicted molar refractivity (Wildman–Crippen MR) is 86.5 cm³/mol. The van der Waals surface area contributed by atoms with Crippen molar-refractivity contribution in [1.29, 1.82) is 0 Å². The number of alkyl halides is 3. The Balaban J connectivity index is 1.88. The van der Waals surface area contributed by atoms with Crippen molar-refractivity contribution in [3.05, 3.63) is 23.8 Å². The lowest BCUT2D eigenvalue weighted by atomic mass is 10.1. The SMILES string of the molecule is FC(F)(F)c1cccc2c(N3CCCC3)nn(CC3=NCCN3)c12. The fraction of sp³-hybridized carbons (Fsp3) is 0.500. The van der Waals surface area contributed by atoms with Crippen molar-refractivity contribution >= 4 is 22.6 Å². The van der Waals surface area contributed by atoms with Gasteiger partial charge in [0.25, 0.3) is 0 Å². The molecule has 2 aromatic rings. The smallest absolute Gasteiger partial charge is 0.370 e. The highest BCUT2D eigenvalue weighted by atomic mass is 19.4. The summed E-state index contributed by atoms with van der Waals surface area (Å²) in [6, 6.07) is 4.31. The molecule has 3 heterocycles. The second kappa shape index (κ2) is 5.68. The average molecular weight is 337 g/mol. The first kappa shape index (κ1) is 15.3. The highest BCUT2D eigenvalue weighted by molar-refractivity contribution is 5.94. The van der Waals surface area contributed by atoms with Gasteiger partial charge in [-0.2, -0.15) is 18.3 Å². The van der Waals surface area contributed by atoms with Crippen LogP contribution in [-0.2, 0) is 12.7 Å². The molecule has 1 N–H and O–H groups in total. The van der Waals surface area contributed by atoms with Crippen molar-refractivity contribution < 1.29 is 13.2 Å². The molecule has 8 heteroatoms. The molecule has 24 heavy (non-hydrogen) atoms. The zero-order valence-corrected chi connectivity index (χ0v) is 13.1. The van der Waals surface area contributed by atoms with Gasteiger partial charge in [0.05, 0.1) is 24.2 Å². The van der Waals surface area contributed by atoms with Crippen LogP contribution in [0.25, 0.3) is 10.9 Å². The lowest BCUT2D eigenvalue weighted by Gasteiger charge is -2.14. The van der Waals surface area contributed by atoms with Crippen LogP contribution in [0.15, 0.2) is 23.2 Å². The van der Waals surface area contributed by atoms with E-state index in [4.69, 9.17) is 0 Å². The van der Waals surface area contributed by atoms with Crippen molar-refractivity contribution in [3.8, 4) is 0 Å². The van der Waals surface area contributed by atoms with Crippen molar-refractivity contribution in [2.45, 2.75) is 25.6 Å². The number of fused-ring (bicyclic) bond motifs is 1. The van der Waals surface area contributed by atoms with Crippen LogP contribution in [0, 0.1) is 0 Å². The first-order valence-corrected chi connectivity index (χ1v) is 8.13. The largest absolute Gasteiger partial charge is 0.418 e. The molecule has 2 aliphatic rings. The lowest BCUT2D eigenvalue weighted by Crippen LogP contribution is -2.25. The van der Waals surface area contributed by atoms with E-state index in [0.717, 1.165) is 38.5 Å². The fourth-order valence-corrected chi connectivity index (χ4v) is 3.42. The van der Waals surface area contributed by atoms with Gasteiger partial charge < -0.3 is 10.2 Å². The lowest BCUT2D eigenvalue weighted by molar-refractivity contribution is -0.136. The molecular formula is C16H18F3N5. The molecular weight excluding hydrogens is 319 g/mol. The number of halogens is 3. The fourth-order valence-electron chi connectivity index (χ4n) is 3.42. The maximum Gasteiger partial charge on any atom is 0.418 e. The number of anilines is 1. The molecule has 1 fully saturated rings. The molecule has 5 nitrogen and oxygen atoms in total. The molecule has 0 bridgehead atoms. The molecule has 0 amide bonds. The quantitative estimate of drug-likeness (QED) is 0.937. The number of rotatable bonds is 3. The maximum absolute atomic E-state index is 13.5. The van der Waals surface area contributed by atoms with Crippen LogP contribution < -0.4 is 10.2 Å². The highest BCUT2D eigenvalue weighted by Crippen LogP contribution is 2.38. The van der Waals surface area contributed by atoms with Gasteiger partial charge in [-0.1, -0.05) is 6.07 Å². The minimum atomic E-state index is -4.41. The van der Waals surface area contributed by atoms with E-state index in [1.165, 1.54) is 10.7 Å². The summed E-state index contributed by atoms with van der Waals surface area (Å²) >= 11 is 0. The van der Waals surface area contributed by atoms with Crippen molar-refractivity contribution in [2.75, 3.05) is 31.1 Å². The maximum atomic E-state index is 13.5. The monoisotopic (exact) mass is 337 g/mol. The van der Waals surface area contributed by atoms with Crippen LogP contribution in [0.2, 0.25) is 0 Å². The Morgan fingerprint density at radius 1 is 1.17 bits per heavy atom. The predicted octanol–water partition coefficient (Wildman–Crippen LogP) is 2.66. The van der Waals surface area contributed by atoms with Gasteiger partial charge in [-0.05, 0) is 25.0 Å². The Morgan fingerprint density at radius 2 is 1.96 bits per heavy atom. The number of nitrogens with zero attached hydrogens (tertiary/aromatic N) is 4. The van der Waals surface area contributed by atoms with E-state index in [1.807, 2.05) is 0 Å². The zero-order chi connectivity index (χ0) is 16.7. The average Bonchev–Trinajstić information content (AvgIpc) is 3.26. The Morgan fingerprint density at radius 3 is 2.62 bits per heavy atom. The molecule has 2 aliphatic heterocycles. The van der Waals surface area contributed by atoms with E-state index < -0.39 is 11.7 Å². The van der Waals surface area contributed by atoms with E-state index >= 15 is 0 Å². The third-order valence-corrected chi connectivity index (χ3v) is 4.50. The molecule has 0 atom stereocenters. The van der Waals surface area contributed by atoms with Crippen LogP contribution >= 0.6 is 0 Å². The third-order valence-electron chi connectivity index (χ3n) is 4.50. The second-order valence-electron chi connectivity index (χ2n) is 6.13. The van der Waals surface area contributed by atoms with Crippen LogP contribution in [0.3, 0.4) is 0 Å². The summed E-state index contributed by atoms with van der Waals surface area (Å²) in [5, 5.41) is 8.19. The normalized spacial score (nSPS) is 18.3. The Kier molecular flexibility index (Phi) is 3.62. The number of hydrogen-bond donors (Lipinski definition) is 1. The van der Waals surface area contributed by atoms with E-state index in [1.54, 1.807) is 6.07 Å². The molecule has 128 valence electrons. The number of aliphatic imine (C=N–C) groups is 1. The van der Waals surface area contributed by atoms with E-state index in [2.05, 4.69) is 20.3 Å². The van der Waals surface area contributed by atoms with Gasteiger partial charge >= 0.3 is 6.18 Å². The Hall–Kier alpha value is -2.25. The molecule has 0 spiro atoms. The molecule has 0 saturated carbocycles. The summed E-state index contributed by atoms with van der Waals surface area (Å²) in [7, 11) is 0. The van der Waals surface area contributed by atoms with Crippen LogP contribution in [-0.4, -0.2) is 41.8 Å². The van der Waals surface area contributed by atoms with Crippen molar-refractivity contribution in [3.63, 3.8) is 0 Å².